The zero-order valence-corrected chi connectivity index (χ0v) is 16.4. The molecule has 4 nitrogen and oxygen atoms in total. The van der Waals surface area contributed by atoms with Gasteiger partial charge in [0.1, 0.15) is 0 Å². The highest BCUT2D eigenvalue weighted by molar-refractivity contribution is 14.0. The summed E-state index contributed by atoms with van der Waals surface area (Å²) in [6.45, 7) is 7.85. The number of nitrogens with zero attached hydrogens (tertiary/aromatic N) is 2. The van der Waals surface area contributed by atoms with Crippen LogP contribution < -0.4 is 10.6 Å². The van der Waals surface area contributed by atoms with Crippen LogP contribution in [0.1, 0.15) is 54.6 Å². The normalized spacial score (nSPS) is 16.4. The van der Waals surface area contributed by atoms with Crippen LogP contribution in [0.3, 0.4) is 0 Å². The number of hydrogen-bond acceptors (Lipinski definition) is 3. The van der Waals surface area contributed by atoms with Crippen LogP contribution in [-0.2, 0) is 6.54 Å². The summed E-state index contributed by atoms with van der Waals surface area (Å²) in [4.78, 5) is 10.4. The van der Waals surface area contributed by atoms with Crippen molar-refractivity contribution in [2.24, 2.45) is 4.99 Å². The minimum Gasteiger partial charge on any atom is -0.357 e. The maximum Gasteiger partial charge on any atom is 0.191 e. The molecule has 0 atom stereocenters. The van der Waals surface area contributed by atoms with Gasteiger partial charge >= 0.3 is 0 Å². The van der Waals surface area contributed by atoms with Gasteiger partial charge in [0.25, 0.3) is 0 Å². The number of rotatable bonds is 4. The van der Waals surface area contributed by atoms with Crippen LogP contribution in [0.4, 0.5) is 0 Å². The van der Waals surface area contributed by atoms with Crippen LogP contribution in [0.2, 0.25) is 0 Å². The van der Waals surface area contributed by atoms with E-state index >= 15 is 0 Å². The molecular weight excluding hydrogens is 395 g/mol. The van der Waals surface area contributed by atoms with E-state index in [4.69, 9.17) is 4.99 Å². The molecule has 1 aliphatic rings. The lowest BCUT2D eigenvalue weighted by molar-refractivity contribution is 0.410. The lowest BCUT2D eigenvalue weighted by atomic mass is 9.96. The van der Waals surface area contributed by atoms with Crippen molar-refractivity contribution in [1.29, 1.82) is 0 Å². The monoisotopic (exact) mass is 422 g/mol. The summed E-state index contributed by atoms with van der Waals surface area (Å²) >= 11 is 1.75. The van der Waals surface area contributed by atoms with E-state index in [0.29, 0.717) is 6.04 Å². The van der Waals surface area contributed by atoms with Crippen molar-refractivity contribution in [3.05, 3.63) is 15.6 Å². The second-order valence-electron chi connectivity index (χ2n) is 5.42. The minimum absolute atomic E-state index is 0. The molecule has 0 amide bonds. The molecule has 1 fully saturated rings. The van der Waals surface area contributed by atoms with Crippen LogP contribution in [-0.4, -0.2) is 23.5 Å². The molecule has 0 bridgehead atoms. The van der Waals surface area contributed by atoms with Crippen molar-refractivity contribution < 1.29 is 0 Å². The van der Waals surface area contributed by atoms with E-state index in [1.165, 1.54) is 37.0 Å². The van der Waals surface area contributed by atoms with Gasteiger partial charge in [0, 0.05) is 17.5 Å². The standard InChI is InChI=1S/C15H26N4S.HI/c1-4-16-15(19-13-8-6-5-7-9-13)17-10-14-11(2)18-12(3)20-14;/h13H,4-10H2,1-3H3,(H2,16,17,19);1H. The largest absolute Gasteiger partial charge is 0.357 e. The fourth-order valence-corrected chi connectivity index (χ4v) is 3.49. The molecule has 120 valence electrons. The molecule has 0 unspecified atom stereocenters. The Kier molecular flexibility index (Phi) is 8.55. The first kappa shape index (κ1) is 18.7. The predicted octanol–water partition coefficient (Wildman–Crippen LogP) is 3.77. The highest BCUT2D eigenvalue weighted by atomic mass is 127. The second kappa shape index (κ2) is 9.61. The first-order valence-corrected chi connectivity index (χ1v) is 8.48. The van der Waals surface area contributed by atoms with E-state index in [2.05, 4.69) is 36.4 Å². The summed E-state index contributed by atoms with van der Waals surface area (Å²) < 4.78 is 0. The number of halogens is 1. The van der Waals surface area contributed by atoms with Gasteiger partial charge in [-0.25, -0.2) is 9.98 Å². The van der Waals surface area contributed by atoms with Crippen molar-refractivity contribution in [2.45, 2.75) is 65.5 Å². The van der Waals surface area contributed by atoms with Crippen molar-refractivity contribution in [3.8, 4) is 0 Å². The highest BCUT2D eigenvalue weighted by Crippen LogP contribution is 2.19. The van der Waals surface area contributed by atoms with Crippen LogP contribution in [0, 0.1) is 13.8 Å². The zero-order valence-electron chi connectivity index (χ0n) is 13.2. The van der Waals surface area contributed by atoms with E-state index in [-0.39, 0.29) is 24.0 Å². The molecule has 2 N–H and O–H groups in total. The maximum atomic E-state index is 4.72. The number of hydrogen-bond donors (Lipinski definition) is 2. The number of thiazole rings is 1. The molecule has 0 spiro atoms. The molecule has 0 aromatic carbocycles. The van der Waals surface area contributed by atoms with Crippen LogP contribution in [0.25, 0.3) is 0 Å². The Morgan fingerprint density at radius 1 is 1.29 bits per heavy atom. The van der Waals surface area contributed by atoms with E-state index in [1.54, 1.807) is 11.3 Å². The average Bonchev–Trinajstić information content (AvgIpc) is 2.76. The lowest BCUT2D eigenvalue weighted by Gasteiger charge is -2.24. The van der Waals surface area contributed by atoms with E-state index in [0.717, 1.165) is 29.8 Å². The van der Waals surface area contributed by atoms with Crippen LogP contribution in [0.15, 0.2) is 4.99 Å². The second-order valence-corrected chi connectivity index (χ2v) is 6.70. The molecule has 0 radical (unpaired) electrons. The number of aryl methyl sites for hydroxylation is 2. The van der Waals surface area contributed by atoms with Crippen LogP contribution in [0.5, 0.6) is 0 Å². The fraction of sp³-hybridized carbons (Fsp3) is 0.733. The smallest absolute Gasteiger partial charge is 0.191 e. The quantitative estimate of drug-likeness (QED) is 0.441. The summed E-state index contributed by atoms with van der Waals surface area (Å²) in [5, 5.41) is 8.05. The summed E-state index contributed by atoms with van der Waals surface area (Å²) in [5.74, 6) is 0.949. The van der Waals surface area contributed by atoms with Gasteiger partial charge in [-0.3, -0.25) is 0 Å². The first-order valence-electron chi connectivity index (χ1n) is 7.66. The topological polar surface area (TPSA) is 49.3 Å². The molecule has 1 heterocycles. The van der Waals surface area contributed by atoms with E-state index < -0.39 is 0 Å². The number of guanidine groups is 1. The Morgan fingerprint density at radius 3 is 2.57 bits per heavy atom. The van der Waals surface area contributed by atoms with E-state index in [9.17, 15) is 0 Å². The third kappa shape index (κ3) is 6.10. The van der Waals surface area contributed by atoms with Crippen molar-refractivity contribution >= 4 is 41.3 Å². The summed E-state index contributed by atoms with van der Waals surface area (Å²) in [5.41, 5.74) is 1.12. The van der Waals surface area contributed by atoms with E-state index in [1.807, 2.05) is 0 Å². The molecule has 1 aromatic heterocycles. The third-order valence-corrected chi connectivity index (χ3v) is 4.73. The first-order chi connectivity index (χ1) is 9.69. The van der Waals surface area contributed by atoms with Gasteiger partial charge in [-0.1, -0.05) is 19.3 Å². The zero-order chi connectivity index (χ0) is 14.4. The molecule has 2 rings (SSSR count). The van der Waals surface area contributed by atoms with Crippen molar-refractivity contribution in [1.82, 2.24) is 15.6 Å². The van der Waals surface area contributed by atoms with Gasteiger partial charge in [-0.15, -0.1) is 35.3 Å². The molecule has 21 heavy (non-hydrogen) atoms. The summed E-state index contributed by atoms with van der Waals surface area (Å²) in [6, 6.07) is 0.589. The van der Waals surface area contributed by atoms with Gasteiger partial charge in [-0.2, -0.15) is 0 Å². The molecule has 6 heteroatoms. The van der Waals surface area contributed by atoms with Gasteiger partial charge in [0.2, 0.25) is 0 Å². The molecular formula is C15H27IN4S. The summed E-state index contributed by atoms with van der Waals surface area (Å²) in [6.07, 6.45) is 6.59. The SMILES string of the molecule is CCNC(=NCc1sc(C)nc1C)NC1CCCCC1.I. The number of aromatic nitrogens is 1. The van der Waals surface area contributed by atoms with Crippen LogP contribution >= 0.6 is 35.3 Å². The molecule has 0 saturated heterocycles. The number of aliphatic imine (C=N–C) groups is 1. The number of nitrogens with one attached hydrogen (secondary N) is 2. The third-order valence-electron chi connectivity index (χ3n) is 3.67. The predicted molar refractivity (Wildman–Crippen MR) is 102 cm³/mol. The lowest BCUT2D eigenvalue weighted by Crippen LogP contribution is -2.44. The Bertz CT molecular complexity index is 453. The molecule has 1 aliphatic carbocycles. The Hall–Kier alpha value is -0.370. The average molecular weight is 422 g/mol. The molecule has 0 aliphatic heterocycles. The van der Waals surface area contributed by atoms with Gasteiger partial charge in [0.15, 0.2) is 5.96 Å². The van der Waals surface area contributed by atoms with Gasteiger partial charge in [0.05, 0.1) is 17.2 Å². The van der Waals surface area contributed by atoms with Crippen molar-refractivity contribution in [2.75, 3.05) is 6.54 Å². The van der Waals surface area contributed by atoms with Gasteiger partial charge < -0.3 is 10.6 Å². The Labute approximate surface area is 149 Å². The molecule has 1 saturated carbocycles. The van der Waals surface area contributed by atoms with Crippen molar-refractivity contribution in [3.63, 3.8) is 0 Å². The molecule has 1 aromatic rings. The highest BCUT2D eigenvalue weighted by Gasteiger charge is 2.14. The summed E-state index contributed by atoms with van der Waals surface area (Å²) in [7, 11) is 0. The Morgan fingerprint density at radius 2 is 2.00 bits per heavy atom. The minimum atomic E-state index is 0. The maximum absolute atomic E-state index is 4.72. The fourth-order valence-electron chi connectivity index (χ4n) is 2.63. The van der Waals surface area contributed by atoms with Gasteiger partial charge in [-0.05, 0) is 33.6 Å². The Balaban J connectivity index is 0.00000220.